The Morgan fingerprint density at radius 2 is 1.48 bits per heavy atom. The van der Waals surface area contributed by atoms with Crippen LogP contribution < -0.4 is 0 Å². The van der Waals surface area contributed by atoms with E-state index in [1.54, 1.807) is 0 Å². The first-order chi connectivity index (χ1) is 10.9. The first-order valence-corrected chi connectivity index (χ1v) is 9.54. The predicted molar refractivity (Wildman–Crippen MR) is 89.1 cm³/mol. The third kappa shape index (κ3) is 4.28. The van der Waals surface area contributed by atoms with Crippen molar-refractivity contribution in [1.29, 1.82) is 0 Å². The molecule has 1 saturated carbocycles. The Kier molecular flexibility index (Phi) is 5.37. The van der Waals surface area contributed by atoms with Crippen molar-refractivity contribution in [2.24, 2.45) is 11.8 Å². The van der Waals surface area contributed by atoms with E-state index < -0.39 is 11.6 Å². The van der Waals surface area contributed by atoms with Crippen LogP contribution in [0.1, 0.15) is 72.6 Å². The normalized spacial score (nSPS) is 41.0. The standard InChI is InChI=1S/C19H34O4/c1-14(2)6-7-16-11-20-18(22-16)8-5-9-19(13-18)21-12-17(23-19)10-15(3)4/h14-17H,5-13H2,1-4H3. The van der Waals surface area contributed by atoms with E-state index in [0.717, 1.165) is 45.1 Å². The van der Waals surface area contributed by atoms with E-state index >= 15 is 0 Å². The van der Waals surface area contributed by atoms with Crippen molar-refractivity contribution in [3.8, 4) is 0 Å². The van der Waals surface area contributed by atoms with Gasteiger partial charge in [-0.05, 0) is 37.5 Å². The predicted octanol–water partition coefficient (Wildman–Crippen LogP) is 4.27. The van der Waals surface area contributed by atoms with Crippen molar-refractivity contribution < 1.29 is 18.9 Å². The molecule has 0 radical (unpaired) electrons. The fourth-order valence-electron chi connectivity index (χ4n) is 4.20. The maximum absolute atomic E-state index is 6.36. The Hall–Kier alpha value is -0.160. The fraction of sp³-hybridized carbons (Fsp3) is 1.00. The van der Waals surface area contributed by atoms with Crippen LogP contribution in [0.2, 0.25) is 0 Å². The Balaban J connectivity index is 1.56. The molecule has 2 aliphatic heterocycles. The van der Waals surface area contributed by atoms with E-state index in [2.05, 4.69) is 27.7 Å². The van der Waals surface area contributed by atoms with Crippen LogP contribution in [-0.4, -0.2) is 37.0 Å². The Bertz CT molecular complexity index is 397. The highest BCUT2D eigenvalue weighted by atomic mass is 16.8. The summed E-state index contributed by atoms with van der Waals surface area (Å²) in [7, 11) is 0. The summed E-state index contributed by atoms with van der Waals surface area (Å²) in [5.41, 5.74) is 0. The van der Waals surface area contributed by atoms with Gasteiger partial charge in [-0.3, -0.25) is 0 Å². The lowest BCUT2D eigenvalue weighted by Gasteiger charge is -2.41. The quantitative estimate of drug-likeness (QED) is 0.756. The lowest BCUT2D eigenvalue weighted by atomic mass is 9.88. The van der Waals surface area contributed by atoms with Crippen molar-refractivity contribution in [3.05, 3.63) is 0 Å². The molecular weight excluding hydrogens is 292 g/mol. The molecule has 0 N–H and O–H groups in total. The average molecular weight is 326 g/mol. The molecule has 3 aliphatic rings. The molecule has 0 amide bonds. The van der Waals surface area contributed by atoms with Crippen molar-refractivity contribution in [1.82, 2.24) is 0 Å². The van der Waals surface area contributed by atoms with Gasteiger partial charge in [0.2, 0.25) is 0 Å². The van der Waals surface area contributed by atoms with E-state index in [9.17, 15) is 0 Å². The van der Waals surface area contributed by atoms with Crippen LogP contribution in [0.4, 0.5) is 0 Å². The molecule has 3 rings (SSSR count). The number of hydrogen-bond donors (Lipinski definition) is 0. The molecule has 2 heterocycles. The summed E-state index contributed by atoms with van der Waals surface area (Å²) in [5.74, 6) is 0.416. The molecule has 0 aromatic heterocycles. The monoisotopic (exact) mass is 326 g/mol. The second-order valence-corrected chi connectivity index (χ2v) is 8.55. The van der Waals surface area contributed by atoms with Crippen LogP contribution >= 0.6 is 0 Å². The van der Waals surface area contributed by atoms with Crippen molar-refractivity contribution in [2.45, 2.75) is 96.4 Å². The highest BCUT2D eigenvalue weighted by Gasteiger charge is 2.54. The smallest absolute Gasteiger partial charge is 0.174 e. The van der Waals surface area contributed by atoms with E-state index in [0.29, 0.717) is 18.4 Å². The number of rotatable bonds is 5. The van der Waals surface area contributed by atoms with Crippen LogP contribution in [0.5, 0.6) is 0 Å². The lowest BCUT2D eigenvalue weighted by Crippen LogP contribution is -2.47. The van der Waals surface area contributed by atoms with E-state index in [1.807, 2.05) is 0 Å². The van der Waals surface area contributed by atoms with E-state index in [-0.39, 0.29) is 12.2 Å². The van der Waals surface area contributed by atoms with Crippen molar-refractivity contribution in [3.63, 3.8) is 0 Å². The SMILES string of the molecule is CC(C)CCC1COC2(CCCC3(C2)OCC(CC(C)C)O3)O1. The van der Waals surface area contributed by atoms with Gasteiger partial charge in [-0.1, -0.05) is 27.7 Å². The average Bonchev–Trinajstić information content (AvgIpc) is 3.01. The molecular formula is C19H34O4. The molecule has 3 fully saturated rings. The highest BCUT2D eigenvalue weighted by molar-refractivity contribution is 4.94. The van der Waals surface area contributed by atoms with Gasteiger partial charge in [0.15, 0.2) is 11.6 Å². The van der Waals surface area contributed by atoms with E-state index in [1.165, 1.54) is 6.42 Å². The summed E-state index contributed by atoms with van der Waals surface area (Å²) >= 11 is 0. The van der Waals surface area contributed by atoms with Crippen LogP contribution in [-0.2, 0) is 18.9 Å². The van der Waals surface area contributed by atoms with Gasteiger partial charge in [-0.2, -0.15) is 0 Å². The molecule has 4 atom stereocenters. The minimum Gasteiger partial charge on any atom is -0.347 e. The molecule has 0 bridgehead atoms. The zero-order valence-electron chi connectivity index (χ0n) is 15.3. The summed E-state index contributed by atoms with van der Waals surface area (Å²) in [4.78, 5) is 0. The highest BCUT2D eigenvalue weighted by Crippen LogP contribution is 2.48. The lowest BCUT2D eigenvalue weighted by molar-refractivity contribution is -0.282. The van der Waals surface area contributed by atoms with Gasteiger partial charge in [-0.25, -0.2) is 0 Å². The first kappa shape index (κ1) is 17.7. The molecule has 23 heavy (non-hydrogen) atoms. The zero-order chi connectivity index (χ0) is 16.5. The van der Waals surface area contributed by atoms with Crippen LogP contribution in [0, 0.1) is 11.8 Å². The second kappa shape index (κ2) is 6.99. The van der Waals surface area contributed by atoms with Crippen molar-refractivity contribution >= 4 is 0 Å². The first-order valence-electron chi connectivity index (χ1n) is 9.54. The van der Waals surface area contributed by atoms with Gasteiger partial charge < -0.3 is 18.9 Å². The largest absolute Gasteiger partial charge is 0.347 e. The topological polar surface area (TPSA) is 36.9 Å². The molecule has 2 spiro atoms. The molecule has 2 saturated heterocycles. The van der Waals surface area contributed by atoms with Crippen LogP contribution in [0.3, 0.4) is 0 Å². The van der Waals surface area contributed by atoms with Crippen molar-refractivity contribution in [2.75, 3.05) is 13.2 Å². The molecule has 4 unspecified atom stereocenters. The third-order valence-corrected chi connectivity index (χ3v) is 5.28. The van der Waals surface area contributed by atoms with Gasteiger partial charge in [0.05, 0.1) is 31.8 Å². The fourth-order valence-corrected chi connectivity index (χ4v) is 4.20. The summed E-state index contributed by atoms with van der Waals surface area (Å²) in [6.07, 6.45) is 7.51. The summed E-state index contributed by atoms with van der Waals surface area (Å²) in [5, 5.41) is 0. The van der Waals surface area contributed by atoms with Crippen LogP contribution in [0.25, 0.3) is 0 Å². The molecule has 4 heteroatoms. The summed E-state index contributed by atoms with van der Waals surface area (Å²) in [6.45, 7) is 10.4. The van der Waals surface area contributed by atoms with Gasteiger partial charge in [0.25, 0.3) is 0 Å². The number of hydrogen-bond acceptors (Lipinski definition) is 4. The minimum absolute atomic E-state index is 0.225. The van der Waals surface area contributed by atoms with Gasteiger partial charge >= 0.3 is 0 Å². The van der Waals surface area contributed by atoms with E-state index in [4.69, 9.17) is 18.9 Å². The summed E-state index contributed by atoms with van der Waals surface area (Å²) in [6, 6.07) is 0. The Morgan fingerprint density at radius 3 is 2.09 bits per heavy atom. The van der Waals surface area contributed by atoms with Gasteiger partial charge in [0.1, 0.15) is 0 Å². The van der Waals surface area contributed by atoms with Crippen LogP contribution in [0.15, 0.2) is 0 Å². The molecule has 134 valence electrons. The Labute approximate surface area is 141 Å². The third-order valence-electron chi connectivity index (χ3n) is 5.28. The van der Waals surface area contributed by atoms with Gasteiger partial charge in [0, 0.05) is 12.8 Å². The molecule has 1 aliphatic carbocycles. The minimum atomic E-state index is -0.468. The zero-order valence-corrected chi connectivity index (χ0v) is 15.3. The number of ether oxygens (including phenoxy) is 4. The maximum atomic E-state index is 6.36. The Morgan fingerprint density at radius 1 is 0.870 bits per heavy atom. The molecule has 4 nitrogen and oxygen atoms in total. The second-order valence-electron chi connectivity index (χ2n) is 8.55. The molecule has 0 aromatic rings. The van der Waals surface area contributed by atoms with Gasteiger partial charge in [-0.15, -0.1) is 0 Å². The molecule has 0 aromatic carbocycles. The summed E-state index contributed by atoms with van der Waals surface area (Å²) < 4.78 is 25.0. The maximum Gasteiger partial charge on any atom is 0.174 e.